The predicted molar refractivity (Wildman–Crippen MR) is 98.4 cm³/mol. The normalized spacial score (nSPS) is 14.7. The highest BCUT2D eigenvalue weighted by molar-refractivity contribution is 9.10. The number of hydrogen-bond donors (Lipinski definition) is 1. The highest BCUT2D eigenvalue weighted by Gasteiger charge is 2.35. The van der Waals surface area contributed by atoms with Gasteiger partial charge < -0.3 is 24.3 Å². The number of amides is 3. The molecule has 0 bridgehead atoms. The van der Waals surface area contributed by atoms with Crippen molar-refractivity contribution in [2.45, 2.75) is 0 Å². The van der Waals surface area contributed by atoms with Gasteiger partial charge in [0, 0.05) is 4.47 Å². The van der Waals surface area contributed by atoms with Crippen LogP contribution in [0.5, 0.6) is 11.5 Å². The van der Waals surface area contributed by atoms with Crippen LogP contribution in [0.25, 0.3) is 6.08 Å². The smallest absolute Gasteiger partial charge is 0.343 e. The van der Waals surface area contributed by atoms with Gasteiger partial charge >= 0.3 is 18.0 Å². The first-order valence-corrected chi connectivity index (χ1v) is 8.58. The molecule has 28 heavy (non-hydrogen) atoms. The fraction of sp³-hybridized carbons (Fsp3) is 0.294. The Hall–Kier alpha value is -3.08. The predicted octanol–water partition coefficient (Wildman–Crippen LogP) is 1.08. The van der Waals surface area contributed by atoms with Gasteiger partial charge in [-0.2, -0.15) is 0 Å². The lowest BCUT2D eigenvalue weighted by molar-refractivity contribution is -0.143. The van der Waals surface area contributed by atoms with Crippen molar-refractivity contribution in [2.24, 2.45) is 0 Å². The van der Waals surface area contributed by atoms with Crippen molar-refractivity contribution >= 4 is 45.9 Å². The van der Waals surface area contributed by atoms with Crippen LogP contribution in [-0.2, 0) is 23.9 Å². The van der Waals surface area contributed by atoms with Gasteiger partial charge in [-0.1, -0.05) is 15.9 Å². The van der Waals surface area contributed by atoms with E-state index >= 15 is 0 Å². The molecule has 1 aromatic carbocycles. The third kappa shape index (κ3) is 4.80. The van der Waals surface area contributed by atoms with Crippen LogP contribution in [0.4, 0.5) is 4.79 Å². The molecule has 0 radical (unpaired) electrons. The highest BCUT2D eigenvalue weighted by Crippen LogP contribution is 2.35. The van der Waals surface area contributed by atoms with Crippen LogP contribution in [-0.4, -0.2) is 63.3 Å². The summed E-state index contributed by atoms with van der Waals surface area (Å²) in [6.07, 6.45) is 1.41. The van der Waals surface area contributed by atoms with Gasteiger partial charge in [0.05, 0.1) is 21.3 Å². The molecule has 0 unspecified atom stereocenters. The number of benzene rings is 1. The summed E-state index contributed by atoms with van der Waals surface area (Å²) >= 11 is 3.34. The summed E-state index contributed by atoms with van der Waals surface area (Å²) in [4.78, 5) is 47.6. The zero-order chi connectivity index (χ0) is 20.8. The van der Waals surface area contributed by atoms with E-state index in [1.54, 1.807) is 12.1 Å². The molecule has 3 amide bonds. The Morgan fingerprint density at radius 1 is 1.11 bits per heavy atom. The number of carbonyl (C=O) groups is 4. The highest BCUT2D eigenvalue weighted by atomic mass is 79.9. The maximum Gasteiger partial charge on any atom is 0.343 e. The topological polar surface area (TPSA) is 120 Å². The van der Waals surface area contributed by atoms with Gasteiger partial charge in [-0.05, 0) is 23.8 Å². The monoisotopic (exact) mass is 456 g/mol. The lowest BCUT2D eigenvalue weighted by Crippen LogP contribution is -2.36. The van der Waals surface area contributed by atoms with Gasteiger partial charge in [0.1, 0.15) is 12.2 Å². The van der Waals surface area contributed by atoms with Crippen LogP contribution in [0.15, 0.2) is 22.3 Å². The Bertz CT molecular complexity index is 852. The van der Waals surface area contributed by atoms with Crippen molar-refractivity contribution < 1.29 is 38.1 Å². The second-order valence-corrected chi connectivity index (χ2v) is 6.20. The van der Waals surface area contributed by atoms with Gasteiger partial charge in [0.15, 0.2) is 18.1 Å². The molecule has 0 spiro atoms. The van der Waals surface area contributed by atoms with Gasteiger partial charge in [0.25, 0.3) is 5.91 Å². The minimum atomic E-state index is -0.734. The van der Waals surface area contributed by atoms with Crippen molar-refractivity contribution in [2.75, 3.05) is 34.5 Å². The standard InChI is InChI=1S/C17H17BrN2O8/c1-25-12-5-9(10(18)6-13(12)28-8-15(22)27-3)4-11-16(23)20(17(24)19-11)7-14(21)26-2/h4-6H,7-8H2,1-3H3,(H,19,24). The molecule has 0 aromatic heterocycles. The molecule has 1 N–H and O–H groups in total. The van der Waals surface area contributed by atoms with E-state index in [9.17, 15) is 19.2 Å². The van der Waals surface area contributed by atoms with Crippen LogP contribution in [0.1, 0.15) is 5.56 Å². The third-order valence-corrected chi connectivity index (χ3v) is 4.32. The molecule has 1 heterocycles. The molecule has 0 atom stereocenters. The van der Waals surface area contributed by atoms with E-state index in [1.165, 1.54) is 20.3 Å². The molecule has 150 valence electrons. The molecule has 1 saturated heterocycles. The van der Waals surface area contributed by atoms with E-state index in [-0.39, 0.29) is 18.1 Å². The number of carbonyl (C=O) groups excluding carboxylic acids is 4. The van der Waals surface area contributed by atoms with Gasteiger partial charge in [-0.25, -0.2) is 14.5 Å². The minimum absolute atomic E-state index is 0.0279. The van der Waals surface area contributed by atoms with Gasteiger partial charge in [-0.15, -0.1) is 0 Å². The van der Waals surface area contributed by atoms with E-state index in [4.69, 9.17) is 9.47 Å². The van der Waals surface area contributed by atoms with Crippen LogP contribution in [0, 0.1) is 0 Å². The number of imide groups is 1. The average Bonchev–Trinajstić information content (AvgIpc) is 2.94. The molecule has 1 aromatic rings. The summed E-state index contributed by atoms with van der Waals surface area (Å²) in [7, 11) is 3.81. The molecule has 1 fully saturated rings. The Morgan fingerprint density at radius 3 is 2.39 bits per heavy atom. The van der Waals surface area contributed by atoms with Crippen LogP contribution >= 0.6 is 15.9 Å². The number of hydrogen-bond acceptors (Lipinski definition) is 8. The van der Waals surface area contributed by atoms with Crippen molar-refractivity contribution in [3.05, 3.63) is 27.9 Å². The number of esters is 2. The van der Waals surface area contributed by atoms with Crippen LogP contribution in [0.3, 0.4) is 0 Å². The second kappa shape index (κ2) is 9.22. The Balaban J connectivity index is 2.28. The lowest BCUT2D eigenvalue weighted by Gasteiger charge is -2.12. The second-order valence-electron chi connectivity index (χ2n) is 5.34. The number of rotatable bonds is 7. The van der Waals surface area contributed by atoms with E-state index in [0.717, 1.165) is 12.0 Å². The summed E-state index contributed by atoms with van der Waals surface area (Å²) in [5, 5.41) is 2.40. The minimum Gasteiger partial charge on any atom is -0.493 e. The Kier molecular flexibility index (Phi) is 6.99. The summed E-state index contributed by atoms with van der Waals surface area (Å²) in [5.41, 5.74) is 0.464. The number of ether oxygens (including phenoxy) is 4. The summed E-state index contributed by atoms with van der Waals surface area (Å²) in [6.45, 7) is -0.805. The van der Waals surface area contributed by atoms with Gasteiger partial charge in [-0.3, -0.25) is 9.59 Å². The zero-order valence-corrected chi connectivity index (χ0v) is 16.8. The third-order valence-electron chi connectivity index (χ3n) is 3.63. The molecular formula is C17H17BrN2O8. The fourth-order valence-electron chi connectivity index (χ4n) is 2.19. The van der Waals surface area contributed by atoms with E-state index < -0.39 is 30.4 Å². The van der Waals surface area contributed by atoms with E-state index in [0.29, 0.717) is 15.8 Å². The van der Waals surface area contributed by atoms with Crippen LogP contribution in [0.2, 0.25) is 0 Å². The Labute approximate surface area is 168 Å². The first-order chi connectivity index (χ1) is 13.3. The summed E-state index contributed by atoms with van der Waals surface area (Å²) in [5.74, 6) is -1.39. The lowest BCUT2D eigenvalue weighted by atomic mass is 10.1. The largest absolute Gasteiger partial charge is 0.493 e. The quantitative estimate of drug-likeness (QED) is 0.367. The molecule has 2 rings (SSSR count). The molecule has 10 nitrogen and oxygen atoms in total. The molecule has 0 saturated carbocycles. The summed E-state index contributed by atoms with van der Waals surface area (Å²) in [6, 6.07) is 2.36. The van der Waals surface area contributed by atoms with Crippen LogP contribution < -0.4 is 14.8 Å². The number of nitrogens with one attached hydrogen (secondary N) is 1. The molecule has 1 aliphatic rings. The SMILES string of the molecule is COC(=O)COc1cc(Br)c(C=C2NC(=O)N(CC(=O)OC)C2=O)cc1OC. The maximum atomic E-state index is 12.4. The first kappa shape index (κ1) is 21.2. The first-order valence-electron chi connectivity index (χ1n) is 7.79. The maximum absolute atomic E-state index is 12.4. The van der Waals surface area contributed by atoms with Crippen molar-refractivity contribution in [1.82, 2.24) is 10.2 Å². The van der Waals surface area contributed by atoms with Crippen molar-refractivity contribution in [3.8, 4) is 11.5 Å². The summed E-state index contributed by atoms with van der Waals surface area (Å²) < 4.78 is 20.1. The van der Waals surface area contributed by atoms with E-state index in [2.05, 4.69) is 30.7 Å². The molecule has 1 aliphatic heterocycles. The van der Waals surface area contributed by atoms with Gasteiger partial charge in [0.2, 0.25) is 0 Å². The Morgan fingerprint density at radius 2 is 1.79 bits per heavy atom. The zero-order valence-electron chi connectivity index (χ0n) is 15.2. The van der Waals surface area contributed by atoms with E-state index in [1.807, 2.05) is 0 Å². The number of halogens is 1. The molecule has 11 heteroatoms. The molecular weight excluding hydrogens is 440 g/mol. The van der Waals surface area contributed by atoms with Crippen molar-refractivity contribution in [3.63, 3.8) is 0 Å². The number of nitrogens with zero attached hydrogens (tertiary/aromatic N) is 1. The molecule has 0 aliphatic carbocycles. The number of methoxy groups -OCH3 is 3. The fourth-order valence-corrected chi connectivity index (χ4v) is 2.63. The van der Waals surface area contributed by atoms with Crippen molar-refractivity contribution in [1.29, 1.82) is 0 Å². The average molecular weight is 457 g/mol. The number of urea groups is 1.